The Labute approximate surface area is 212 Å². The van der Waals surface area contributed by atoms with Crippen molar-refractivity contribution in [2.45, 2.75) is 77.2 Å². The smallest absolute Gasteiger partial charge is 0.310 e. The molecule has 0 aromatic heterocycles. The minimum Gasteiger partial charge on any atom is -0.481 e. The molecule has 2 amide bonds. The standard InChI is InChI=1S/C28H38N2O6/c1-7-14-29(22-17(4)10-9-11-18(22)5)25(33)23-28-13-12-27(6,36-28)21(26(34)35)20(28)24(32)30(23)19(15-31)16(3)8-2/h7,9-11,16,19-21,23,31H,1,8,12-15H2,2-6H3,(H,34,35)/t16-,19-,20-,21+,23?,27-,28?/m0/s1. The second kappa shape index (κ2) is 9.30. The lowest BCUT2D eigenvalue weighted by Crippen LogP contribution is -2.60. The summed E-state index contributed by atoms with van der Waals surface area (Å²) in [6, 6.07) is 4.10. The van der Waals surface area contributed by atoms with Crippen molar-refractivity contribution in [1.82, 2.24) is 4.90 Å². The maximum absolute atomic E-state index is 14.6. The van der Waals surface area contributed by atoms with E-state index in [1.165, 1.54) is 4.90 Å². The Bertz CT molecular complexity index is 1070. The average Bonchev–Trinajstić information content (AvgIpc) is 3.39. The van der Waals surface area contributed by atoms with Crippen LogP contribution in [0.1, 0.15) is 51.2 Å². The van der Waals surface area contributed by atoms with E-state index in [-0.39, 0.29) is 25.0 Å². The molecule has 0 aliphatic carbocycles. The summed E-state index contributed by atoms with van der Waals surface area (Å²) in [5.74, 6) is -3.97. The number of para-hydroxylation sites is 1. The number of carbonyl (C=O) groups is 3. The number of aryl methyl sites for hydroxylation is 2. The largest absolute Gasteiger partial charge is 0.481 e. The Morgan fingerprint density at radius 3 is 2.47 bits per heavy atom. The van der Waals surface area contributed by atoms with Gasteiger partial charge >= 0.3 is 5.97 Å². The van der Waals surface area contributed by atoms with Crippen LogP contribution in [-0.4, -0.2) is 69.3 Å². The minimum atomic E-state index is -1.26. The highest BCUT2D eigenvalue weighted by Gasteiger charge is 2.79. The van der Waals surface area contributed by atoms with E-state index in [0.29, 0.717) is 19.3 Å². The van der Waals surface area contributed by atoms with Crippen molar-refractivity contribution < 1.29 is 29.3 Å². The predicted molar refractivity (Wildman–Crippen MR) is 135 cm³/mol. The molecule has 196 valence electrons. The van der Waals surface area contributed by atoms with Crippen molar-refractivity contribution in [1.29, 1.82) is 0 Å². The number of anilines is 1. The predicted octanol–water partition coefficient (Wildman–Crippen LogP) is 3.08. The first-order valence-corrected chi connectivity index (χ1v) is 12.8. The highest BCUT2D eigenvalue weighted by molar-refractivity contribution is 6.05. The first kappa shape index (κ1) is 26.4. The van der Waals surface area contributed by atoms with Crippen LogP contribution < -0.4 is 4.90 Å². The van der Waals surface area contributed by atoms with Crippen LogP contribution in [0.2, 0.25) is 0 Å². The Morgan fingerprint density at radius 2 is 1.94 bits per heavy atom. The molecule has 1 aromatic rings. The van der Waals surface area contributed by atoms with E-state index in [2.05, 4.69) is 6.58 Å². The molecule has 2 bridgehead atoms. The summed E-state index contributed by atoms with van der Waals surface area (Å²) in [7, 11) is 0. The second-order valence-electron chi connectivity index (χ2n) is 10.9. The number of carboxylic acid groups (broad SMARTS) is 1. The van der Waals surface area contributed by atoms with Gasteiger partial charge in [-0.05, 0) is 50.7 Å². The molecule has 1 spiro atoms. The van der Waals surface area contributed by atoms with Crippen molar-refractivity contribution >= 4 is 23.5 Å². The number of nitrogens with zero attached hydrogens (tertiary/aromatic N) is 2. The summed E-state index contributed by atoms with van der Waals surface area (Å²) in [6.07, 6.45) is 3.18. The molecule has 3 aliphatic heterocycles. The normalized spacial score (nSPS) is 32.3. The summed E-state index contributed by atoms with van der Waals surface area (Å²) in [4.78, 5) is 44.3. The zero-order valence-electron chi connectivity index (χ0n) is 21.9. The third-order valence-corrected chi connectivity index (χ3v) is 8.85. The molecule has 3 heterocycles. The molecule has 36 heavy (non-hydrogen) atoms. The van der Waals surface area contributed by atoms with E-state index in [0.717, 1.165) is 16.8 Å². The van der Waals surface area contributed by atoms with Gasteiger partial charge in [0.15, 0.2) is 0 Å². The Morgan fingerprint density at radius 1 is 1.31 bits per heavy atom. The van der Waals surface area contributed by atoms with E-state index in [1.807, 2.05) is 45.9 Å². The molecule has 3 aliphatic rings. The number of fused-ring (bicyclic) bond motifs is 1. The molecule has 8 nitrogen and oxygen atoms in total. The zero-order valence-corrected chi connectivity index (χ0v) is 21.9. The average molecular weight is 499 g/mol. The van der Waals surface area contributed by atoms with Crippen molar-refractivity contribution in [2.24, 2.45) is 17.8 Å². The minimum absolute atomic E-state index is 0.103. The quantitative estimate of drug-likeness (QED) is 0.507. The van der Waals surface area contributed by atoms with Gasteiger partial charge in [0.05, 0.1) is 30.1 Å². The molecular formula is C28H38N2O6. The third kappa shape index (κ3) is 3.60. The summed E-state index contributed by atoms with van der Waals surface area (Å²) < 4.78 is 6.51. The van der Waals surface area contributed by atoms with Gasteiger partial charge in [-0.1, -0.05) is 44.5 Å². The molecular weight excluding hydrogens is 460 g/mol. The Balaban J connectivity index is 1.91. The number of aliphatic carboxylic acids is 1. The zero-order chi connectivity index (χ0) is 26.6. The van der Waals surface area contributed by atoms with Crippen LogP contribution in [0.15, 0.2) is 30.9 Å². The summed E-state index contributed by atoms with van der Waals surface area (Å²) in [5, 5.41) is 20.6. The maximum Gasteiger partial charge on any atom is 0.310 e. The van der Waals surface area contributed by atoms with Crippen LogP contribution in [0, 0.1) is 31.6 Å². The van der Waals surface area contributed by atoms with E-state index in [4.69, 9.17) is 4.74 Å². The molecule has 7 atom stereocenters. The van der Waals surface area contributed by atoms with E-state index in [1.54, 1.807) is 17.9 Å². The van der Waals surface area contributed by atoms with E-state index >= 15 is 0 Å². The van der Waals surface area contributed by atoms with Crippen LogP contribution in [0.3, 0.4) is 0 Å². The van der Waals surface area contributed by atoms with Gasteiger partial charge in [0.1, 0.15) is 11.6 Å². The topological polar surface area (TPSA) is 107 Å². The van der Waals surface area contributed by atoms with Crippen molar-refractivity contribution in [3.05, 3.63) is 42.0 Å². The van der Waals surface area contributed by atoms with E-state index < -0.39 is 47.0 Å². The molecule has 8 heteroatoms. The van der Waals surface area contributed by atoms with Crippen LogP contribution in [0.4, 0.5) is 5.69 Å². The first-order valence-electron chi connectivity index (χ1n) is 12.8. The first-order chi connectivity index (χ1) is 17.0. The molecule has 2 unspecified atom stereocenters. The number of hydrogen-bond acceptors (Lipinski definition) is 5. The highest BCUT2D eigenvalue weighted by atomic mass is 16.5. The lowest BCUT2D eigenvalue weighted by Gasteiger charge is -2.41. The summed E-state index contributed by atoms with van der Waals surface area (Å²) in [6.45, 7) is 13.2. The number of carboxylic acids is 1. The van der Waals surface area contributed by atoms with Gasteiger partial charge in [-0.15, -0.1) is 6.58 Å². The fourth-order valence-corrected chi connectivity index (χ4v) is 6.99. The number of carbonyl (C=O) groups excluding carboxylic acids is 2. The fraction of sp³-hybridized carbons (Fsp3) is 0.607. The van der Waals surface area contributed by atoms with Crippen molar-refractivity contribution in [3.63, 3.8) is 0 Å². The van der Waals surface area contributed by atoms with Crippen LogP contribution in [0.25, 0.3) is 0 Å². The number of amides is 2. The number of hydrogen-bond donors (Lipinski definition) is 2. The molecule has 3 fully saturated rings. The van der Waals surface area contributed by atoms with Crippen LogP contribution in [-0.2, 0) is 19.1 Å². The van der Waals surface area contributed by atoms with Crippen molar-refractivity contribution in [2.75, 3.05) is 18.1 Å². The van der Waals surface area contributed by atoms with Gasteiger partial charge in [-0.25, -0.2) is 0 Å². The molecule has 1 aromatic carbocycles. The molecule has 4 rings (SSSR count). The van der Waals surface area contributed by atoms with Crippen LogP contribution >= 0.6 is 0 Å². The van der Waals surface area contributed by atoms with Gasteiger partial charge < -0.3 is 24.7 Å². The summed E-state index contributed by atoms with van der Waals surface area (Å²) in [5.41, 5.74) is 0.268. The highest BCUT2D eigenvalue weighted by Crippen LogP contribution is 2.63. The monoisotopic (exact) mass is 498 g/mol. The third-order valence-electron chi connectivity index (χ3n) is 8.85. The number of rotatable bonds is 9. The Hall–Kier alpha value is -2.71. The van der Waals surface area contributed by atoms with Crippen LogP contribution in [0.5, 0.6) is 0 Å². The maximum atomic E-state index is 14.6. The van der Waals surface area contributed by atoms with Gasteiger partial charge in [-0.2, -0.15) is 0 Å². The number of aliphatic hydroxyl groups is 1. The second-order valence-corrected chi connectivity index (χ2v) is 10.9. The number of benzene rings is 1. The van der Waals surface area contributed by atoms with Gasteiger partial charge in [0, 0.05) is 12.2 Å². The SMILES string of the molecule is C=CCN(C(=O)C1N([C@@H](CO)[C@@H](C)CC)C(=O)[C@@H]2[C@H](C(=O)O)[C@]3(C)CCC12O3)c1c(C)cccc1C. The van der Waals surface area contributed by atoms with Crippen molar-refractivity contribution in [3.8, 4) is 0 Å². The lowest BCUT2D eigenvalue weighted by molar-refractivity contribution is -0.156. The van der Waals surface area contributed by atoms with Gasteiger partial charge in [0.25, 0.3) is 5.91 Å². The molecule has 0 saturated carbocycles. The number of likely N-dealkylation sites (tertiary alicyclic amines) is 1. The number of aliphatic hydroxyl groups excluding tert-OH is 1. The Kier molecular flexibility index (Phi) is 6.81. The fourth-order valence-electron chi connectivity index (χ4n) is 6.99. The van der Waals surface area contributed by atoms with Gasteiger partial charge in [0.2, 0.25) is 5.91 Å². The molecule has 2 N–H and O–H groups in total. The lowest BCUT2D eigenvalue weighted by atomic mass is 9.66. The molecule has 0 radical (unpaired) electrons. The van der Waals surface area contributed by atoms with Gasteiger partial charge in [-0.3, -0.25) is 14.4 Å². The molecule has 3 saturated heterocycles. The summed E-state index contributed by atoms with van der Waals surface area (Å²) >= 11 is 0. The number of ether oxygens (including phenoxy) is 1. The van der Waals surface area contributed by atoms with E-state index in [9.17, 15) is 24.6 Å².